The van der Waals surface area contributed by atoms with E-state index in [4.69, 9.17) is 0 Å². The maximum Gasteiger partial charge on any atom is 0.220 e. The molecule has 0 heterocycles. The van der Waals surface area contributed by atoms with Gasteiger partial charge in [-0.05, 0) is 38.5 Å². The Hall–Kier alpha value is -0.870. The molecule has 3 N–H and O–H groups in total. The first-order valence-corrected chi connectivity index (χ1v) is 24.4. The summed E-state index contributed by atoms with van der Waals surface area (Å²) in [4.78, 5) is 12.4. The summed E-state index contributed by atoms with van der Waals surface area (Å²) in [7, 11) is 0. The van der Waals surface area contributed by atoms with Gasteiger partial charge in [0.15, 0.2) is 0 Å². The van der Waals surface area contributed by atoms with Crippen molar-refractivity contribution in [3.05, 3.63) is 12.2 Å². The third-order valence-corrected chi connectivity index (χ3v) is 11.5. The predicted molar refractivity (Wildman–Crippen MR) is 235 cm³/mol. The molecule has 53 heavy (non-hydrogen) atoms. The van der Waals surface area contributed by atoms with Gasteiger partial charge in [-0.25, -0.2) is 0 Å². The highest BCUT2D eigenvalue weighted by Crippen LogP contribution is 2.17. The Labute approximate surface area is 333 Å². The number of aliphatic hydroxyl groups excluding tert-OH is 2. The summed E-state index contributed by atoms with van der Waals surface area (Å²) < 4.78 is 0. The van der Waals surface area contributed by atoms with Gasteiger partial charge < -0.3 is 15.5 Å². The van der Waals surface area contributed by atoms with Gasteiger partial charge in [0.25, 0.3) is 0 Å². The lowest BCUT2D eigenvalue weighted by Crippen LogP contribution is -2.45. The fraction of sp³-hybridized carbons (Fsp3) is 0.939. The third-order valence-electron chi connectivity index (χ3n) is 11.5. The molecule has 0 fully saturated rings. The molecule has 0 aliphatic carbocycles. The number of allylic oxidation sites excluding steroid dienone is 2. The number of aliphatic hydroxyl groups is 2. The molecule has 0 saturated heterocycles. The molecule has 2 atom stereocenters. The number of carbonyl (C=O) groups excluding carboxylic acids is 1. The van der Waals surface area contributed by atoms with E-state index in [9.17, 15) is 15.0 Å². The maximum atomic E-state index is 12.4. The summed E-state index contributed by atoms with van der Waals surface area (Å²) in [5, 5.41) is 23.2. The average molecular weight is 748 g/mol. The minimum Gasteiger partial charge on any atom is -0.394 e. The monoisotopic (exact) mass is 748 g/mol. The summed E-state index contributed by atoms with van der Waals surface area (Å²) in [6.07, 6.45) is 57.5. The third kappa shape index (κ3) is 42.1. The van der Waals surface area contributed by atoms with Crippen LogP contribution in [0.5, 0.6) is 0 Å². The van der Waals surface area contributed by atoms with Crippen LogP contribution in [-0.4, -0.2) is 34.9 Å². The zero-order valence-electron chi connectivity index (χ0n) is 36.3. The van der Waals surface area contributed by atoms with Gasteiger partial charge in [0.2, 0.25) is 5.91 Å². The fourth-order valence-corrected chi connectivity index (χ4v) is 7.77. The summed E-state index contributed by atoms with van der Waals surface area (Å²) in [6, 6.07) is -0.531. The zero-order chi connectivity index (χ0) is 38.6. The molecule has 316 valence electrons. The van der Waals surface area contributed by atoms with E-state index in [1.807, 2.05) is 0 Å². The molecule has 0 aliphatic rings. The van der Waals surface area contributed by atoms with E-state index < -0.39 is 12.1 Å². The van der Waals surface area contributed by atoms with Gasteiger partial charge in [0, 0.05) is 6.42 Å². The maximum absolute atomic E-state index is 12.4. The smallest absolute Gasteiger partial charge is 0.220 e. The number of hydrogen-bond acceptors (Lipinski definition) is 3. The van der Waals surface area contributed by atoms with Gasteiger partial charge >= 0.3 is 0 Å². The summed E-state index contributed by atoms with van der Waals surface area (Å²) in [5.74, 6) is -0.0284. The molecule has 4 nitrogen and oxygen atoms in total. The van der Waals surface area contributed by atoms with Gasteiger partial charge in [-0.2, -0.15) is 0 Å². The molecule has 0 aliphatic heterocycles. The summed E-state index contributed by atoms with van der Waals surface area (Å²) in [6.45, 7) is 4.37. The molecule has 0 saturated carbocycles. The molecular formula is C49H97NO3. The molecule has 0 aromatic carbocycles. The van der Waals surface area contributed by atoms with Crippen molar-refractivity contribution in [2.75, 3.05) is 6.61 Å². The number of hydrogen-bond donors (Lipinski definition) is 3. The van der Waals surface area contributed by atoms with Crippen LogP contribution in [-0.2, 0) is 4.79 Å². The Morgan fingerprint density at radius 1 is 0.434 bits per heavy atom. The van der Waals surface area contributed by atoms with Crippen LogP contribution in [0.25, 0.3) is 0 Å². The first kappa shape index (κ1) is 52.1. The van der Waals surface area contributed by atoms with Crippen molar-refractivity contribution in [1.82, 2.24) is 5.32 Å². The quantitative estimate of drug-likeness (QED) is 0.0429. The Kier molecular flexibility index (Phi) is 44.8. The van der Waals surface area contributed by atoms with E-state index >= 15 is 0 Å². The SMILES string of the molecule is CCCCCCCCCCCCCC/C=C\CCCCCCCCCCCCCCCC(=O)NC(CO)C(O)CCCCCCCCCCCCCC. The van der Waals surface area contributed by atoms with E-state index in [2.05, 4.69) is 31.3 Å². The zero-order valence-corrected chi connectivity index (χ0v) is 36.3. The largest absolute Gasteiger partial charge is 0.394 e. The minimum atomic E-state index is -0.655. The molecule has 4 heteroatoms. The average Bonchev–Trinajstić information content (AvgIpc) is 3.16. The predicted octanol–water partition coefficient (Wildman–Crippen LogP) is 15.4. The topological polar surface area (TPSA) is 69.6 Å². The van der Waals surface area contributed by atoms with Crippen molar-refractivity contribution < 1.29 is 15.0 Å². The van der Waals surface area contributed by atoms with Crippen LogP contribution in [0.1, 0.15) is 277 Å². The molecular weight excluding hydrogens is 651 g/mol. The van der Waals surface area contributed by atoms with Crippen molar-refractivity contribution in [1.29, 1.82) is 0 Å². The van der Waals surface area contributed by atoms with Crippen molar-refractivity contribution in [3.8, 4) is 0 Å². The Morgan fingerprint density at radius 3 is 1.04 bits per heavy atom. The molecule has 1 amide bonds. The normalized spacial score (nSPS) is 12.9. The first-order valence-electron chi connectivity index (χ1n) is 24.4. The Morgan fingerprint density at radius 2 is 0.717 bits per heavy atom. The highest BCUT2D eigenvalue weighted by atomic mass is 16.3. The van der Waals surface area contributed by atoms with Crippen LogP contribution in [0.15, 0.2) is 12.2 Å². The molecule has 0 rings (SSSR count). The van der Waals surface area contributed by atoms with Crippen LogP contribution in [0.2, 0.25) is 0 Å². The molecule has 0 aromatic rings. The lowest BCUT2D eigenvalue weighted by Gasteiger charge is -2.22. The van der Waals surface area contributed by atoms with E-state index in [1.54, 1.807) is 0 Å². The highest BCUT2D eigenvalue weighted by Gasteiger charge is 2.20. The molecule has 2 unspecified atom stereocenters. The molecule has 0 aromatic heterocycles. The van der Waals surface area contributed by atoms with E-state index in [-0.39, 0.29) is 12.5 Å². The second-order valence-electron chi connectivity index (χ2n) is 16.9. The van der Waals surface area contributed by atoms with Crippen LogP contribution in [0, 0.1) is 0 Å². The standard InChI is InChI=1S/C49H97NO3/c1-3-5-7-9-11-13-15-17-18-19-20-21-22-23-24-25-26-27-28-29-30-31-32-33-35-37-39-41-43-45-49(53)50-47(46-51)48(52)44-42-40-38-36-34-16-14-12-10-8-6-4-2/h23-24,47-48,51-52H,3-22,25-46H2,1-2H3,(H,50,53)/b24-23-. The number of carbonyl (C=O) groups is 1. The Bertz CT molecular complexity index is 725. The van der Waals surface area contributed by atoms with E-state index in [0.29, 0.717) is 12.8 Å². The van der Waals surface area contributed by atoms with Gasteiger partial charge in [-0.1, -0.05) is 244 Å². The number of nitrogens with one attached hydrogen (secondary N) is 1. The van der Waals surface area contributed by atoms with Crippen molar-refractivity contribution in [2.45, 2.75) is 289 Å². The number of unbranched alkanes of at least 4 members (excludes halogenated alkanes) is 36. The first-order chi connectivity index (χ1) is 26.2. The number of rotatable bonds is 45. The van der Waals surface area contributed by atoms with Gasteiger partial charge in [0.05, 0.1) is 18.8 Å². The summed E-state index contributed by atoms with van der Waals surface area (Å²) >= 11 is 0. The lowest BCUT2D eigenvalue weighted by atomic mass is 10.0. The summed E-state index contributed by atoms with van der Waals surface area (Å²) in [5.41, 5.74) is 0. The second kappa shape index (κ2) is 45.5. The second-order valence-corrected chi connectivity index (χ2v) is 16.9. The fourth-order valence-electron chi connectivity index (χ4n) is 7.77. The van der Waals surface area contributed by atoms with Crippen molar-refractivity contribution in [2.24, 2.45) is 0 Å². The number of amides is 1. The van der Waals surface area contributed by atoms with Crippen LogP contribution >= 0.6 is 0 Å². The van der Waals surface area contributed by atoms with E-state index in [0.717, 1.165) is 25.7 Å². The van der Waals surface area contributed by atoms with Crippen LogP contribution < -0.4 is 5.32 Å². The molecule has 0 radical (unpaired) electrons. The van der Waals surface area contributed by atoms with Gasteiger partial charge in [-0.15, -0.1) is 0 Å². The van der Waals surface area contributed by atoms with Gasteiger partial charge in [-0.3, -0.25) is 4.79 Å². The van der Waals surface area contributed by atoms with Crippen LogP contribution in [0.3, 0.4) is 0 Å². The van der Waals surface area contributed by atoms with Crippen molar-refractivity contribution >= 4 is 5.91 Å². The molecule has 0 bridgehead atoms. The Balaban J connectivity index is 3.41. The minimum absolute atomic E-state index is 0.0284. The lowest BCUT2D eigenvalue weighted by molar-refractivity contribution is -0.123. The van der Waals surface area contributed by atoms with Gasteiger partial charge in [0.1, 0.15) is 0 Å². The van der Waals surface area contributed by atoms with Crippen LogP contribution in [0.4, 0.5) is 0 Å². The highest BCUT2D eigenvalue weighted by molar-refractivity contribution is 5.76. The molecule has 0 spiro atoms. The van der Waals surface area contributed by atoms with E-state index in [1.165, 1.54) is 225 Å². The van der Waals surface area contributed by atoms with Crippen molar-refractivity contribution in [3.63, 3.8) is 0 Å².